The van der Waals surface area contributed by atoms with Crippen LogP contribution in [0.2, 0.25) is 5.02 Å². The van der Waals surface area contributed by atoms with Crippen molar-refractivity contribution in [1.82, 2.24) is 0 Å². The van der Waals surface area contributed by atoms with Crippen LogP contribution in [0.15, 0.2) is 36.4 Å². The van der Waals surface area contributed by atoms with E-state index in [9.17, 15) is 14.7 Å². The summed E-state index contributed by atoms with van der Waals surface area (Å²) in [6.45, 7) is 1.87. The normalized spacial score (nSPS) is 10.2. The van der Waals surface area contributed by atoms with Crippen molar-refractivity contribution in [1.29, 1.82) is 0 Å². The standard InChI is InChI=1S/C15H11ClINO3/c1-8-2-4-10(12(16)6-8)14(19)18-13-5-3-9(17)7-11(13)15(20)21/h2-7H,1H3,(H,18,19)(H,20,21). The molecule has 0 saturated heterocycles. The molecule has 0 aromatic heterocycles. The summed E-state index contributed by atoms with van der Waals surface area (Å²) in [4.78, 5) is 23.4. The third kappa shape index (κ3) is 3.74. The molecule has 21 heavy (non-hydrogen) atoms. The van der Waals surface area contributed by atoms with Crippen molar-refractivity contribution >= 4 is 51.8 Å². The van der Waals surface area contributed by atoms with Crippen molar-refractivity contribution in [2.24, 2.45) is 0 Å². The van der Waals surface area contributed by atoms with Crippen LogP contribution in [0.5, 0.6) is 0 Å². The number of carboxylic acid groups (broad SMARTS) is 1. The number of anilines is 1. The van der Waals surface area contributed by atoms with Crippen LogP contribution >= 0.6 is 34.2 Å². The molecule has 0 aliphatic carbocycles. The Labute approximate surface area is 140 Å². The molecule has 2 aromatic rings. The van der Waals surface area contributed by atoms with E-state index in [1.54, 1.807) is 30.3 Å². The zero-order valence-corrected chi connectivity index (χ0v) is 13.9. The van der Waals surface area contributed by atoms with Crippen molar-refractivity contribution in [3.05, 3.63) is 61.7 Å². The molecule has 0 aliphatic rings. The van der Waals surface area contributed by atoms with Crippen LogP contribution < -0.4 is 5.32 Å². The monoisotopic (exact) mass is 415 g/mol. The van der Waals surface area contributed by atoms with E-state index in [-0.39, 0.29) is 11.3 Å². The second kappa shape index (κ2) is 6.44. The summed E-state index contributed by atoms with van der Waals surface area (Å²) in [5.41, 5.74) is 1.53. The summed E-state index contributed by atoms with van der Waals surface area (Å²) in [5, 5.41) is 12.1. The minimum atomic E-state index is -1.10. The van der Waals surface area contributed by atoms with E-state index in [0.29, 0.717) is 10.6 Å². The van der Waals surface area contributed by atoms with Crippen LogP contribution in [0.1, 0.15) is 26.3 Å². The zero-order chi connectivity index (χ0) is 15.6. The van der Waals surface area contributed by atoms with Gasteiger partial charge in [0.05, 0.1) is 21.8 Å². The Bertz CT molecular complexity index is 731. The van der Waals surface area contributed by atoms with E-state index in [1.807, 2.05) is 29.5 Å². The molecule has 2 N–H and O–H groups in total. The topological polar surface area (TPSA) is 66.4 Å². The average molecular weight is 416 g/mol. The van der Waals surface area contributed by atoms with Gasteiger partial charge in [0, 0.05) is 3.57 Å². The van der Waals surface area contributed by atoms with E-state index in [2.05, 4.69) is 5.32 Å². The SMILES string of the molecule is Cc1ccc(C(=O)Nc2ccc(I)cc2C(=O)O)c(Cl)c1. The fraction of sp³-hybridized carbons (Fsp3) is 0.0667. The zero-order valence-electron chi connectivity index (χ0n) is 11.0. The second-order valence-electron chi connectivity index (χ2n) is 4.43. The highest BCUT2D eigenvalue weighted by atomic mass is 127. The molecular weight excluding hydrogens is 405 g/mol. The van der Waals surface area contributed by atoms with Gasteiger partial charge in [-0.2, -0.15) is 0 Å². The highest BCUT2D eigenvalue weighted by Gasteiger charge is 2.15. The van der Waals surface area contributed by atoms with Crippen LogP contribution in [0.3, 0.4) is 0 Å². The molecule has 6 heteroatoms. The van der Waals surface area contributed by atoms with Crippen LogP contribution in [0, 0.1) is 10.5 Å². The Hall–Kier alpha value is -1.60. The predicted octanol–water partition coefficient (Wildman–Crippen LogP) is 4.20. The van der Waals surface area contributed by atoms with Crippen LogP contribution in [0.25, 0.3) is 0 Å². The summed E-state index contributed by atoms with van der Waals surface area (Å²) < 4.78 is 0.774. The van der Waals surface area contributed by atoms with Crippen LogP contribution in [0.4, 0.5) is 5.69 Å². The number of aryl methyl sites for hydroxylation is 1. The molecule has 1 amide bonds. The molecule has 108 valence electrons. The molecule has 0 radical (unpaired) electrons. The Kier molecular flexibility index (Phi) is 4.84. The van der Waals surface area contributed by atoms with Gasteiger partial charge in [0.1, 0.15) is 0 Å². The lowest BCUT2D eigenvalue weighted by Crippen LogP contribution is -2.15. The van der Waals surface area contributed by atoms with Gasteiger partial charge in [-0.15, -0.1) is 0 Å². The quantitative estimate of drug-likeness (QED) is 0.738. The number of carbonyl (C=O) groups is 2. The number of benzene rings is 2. The van der Waals surface area contributed by atoms with Gasteiger partial charge >= 0.3 is 5.97 Å². The summed E-state index contributed by atoms with van der Waals surface area (Å²) >= 11 is 8.05. The number of amides is 1. The highest BCUT2D eigenvalue weighted by molar-refractivity contribution is 14.1. The maximum Gasteiger partial charge on any atom is 0.337 e. The summed E-state index contributed by atoms with van der Waals surface area (Å²) in [7, 11) is 0. The van der Waals surface area contributed by atoms with E-state index in [1.165, 1.54) is 6.07 Å². The smallest absolute Gasteiger partial charge is 0.337 e. The number of carboxylic acids is 1. The summed E-state index contributed by atoms with van der Waals surface area (Å²) in [5.74, 6) is -1.54. The molecule has 2 aromatic carbocycles. The van der Waals surface area contributed by atoms with Gasteiger partial charge in [0.15, 0.2) is 0 Å². The van der Waals surface area contributed by atoms with Crippen molar-refractivity contribution in [2.75, 3.05) is 5.32 Å². The van der Waals surface area contributed by atoms with Crippen molar-refractivity contribution in [2.45, 2.75) is 6.92 Å². The third-order valence-electron chi connectivity index (χ3n) is 2.83. The fourth-order valence-corrected chi connectivity index (χ4v) is 2.61. The van der Waals surface area contributed by atoms with E-state index in [0.717, 1.165) is 9.13 Å². The van der Waals surface area contributed by atoms with Gasteiger partial charge < -0.3 is 10.4 Å². The third-order valence-corrected chi connectivity index (χ3v) is 3.81. The van der Waals surface area contributed by atoms with Gasteiger partial charge in [-0.25, -0.2) is 4.79 Å². The predicted molar refractivity (Wildman–Crippen MR) is 90.3 cm³/mol. The minimum absolute atomic E-state index is 0.0403. The molecular formula is C15H11ClINO3. The number of carbonyl (C=O) groups excluding carboxylic acids is 1. The molecule has 2 rings (SSSR count). The Morgan fingerprint density at radius 3 is 2.48 bits per heavy atom. The molecule has 0 bridgehead atoms. The first-order valence-corrected chi connectivity index (χ1v) is 7.44. The Morgan fingerprint density at radius 1 is 1.14 bits per heavy atom. The van der Waals surface area contributed by atoms with Gasteiger partial charge in [0.2, 0.25) is 0 Å². The number of hydrogen-bond acceptors (Lipinski definition) is 2. The first-order chi connectivity index (χ1) is 9.88. The lowest BCUT2D eigenvalue weighted by atomic mass is 10.1. The summed E-state index contributed by atoms with van der Waals surface area (Å²) in [6, 6.07) is 9.84. The lowest BCUT2D eigenvalue weighted by Gasteiger charge is -2.10. The highest BCUT2D eigenvalue weighted by Crippen LogP contribution is 2.22. The largest absolute Gasteiger partial charge is 0.478 e. The number of aromatic carboxylic acids is 1. The Balaban J connectivity index is 2.34. The molecule has 0 spiro atoms. The van der Waals surface area contributed by atoms with E-state index < -0.39 is 11.9 Å². The number of hydrogen-bond donors (Lipinski definition) is 2. The molecule has 0 saturated carbocycles. The first-order valence-electron chi connectivity index (χ1n) is 5.99. The van der Waals surface area contributed by atoms with E-state index >= 15 is 0 Å². The number of halogens is 2. The van der Waals surface area contributed by atoms with Gasteiger partial charge in [-0.1, -0.05) is 17.7 Å². The van der Waals surface area contributed by atoms with Crippen molar-refractivity contribution < 1.29 is 14.7 Å². The second-order valence-corrected chi connectivity index (χ2v) is 6.09. The fourth-order valence-electron chi connectivity index (χ4n) is 1.80. The van der Waals surface area contributed by atoms with Gasteiger partial charge in [-0.05, 0) is 65.4 Å². The van der Waals surface area contributed by atoms with E-state index in [4.69, 9.17) is 11.6 Å². The van der Waals surface area contributed by atoms with Crippen molar-refractivity contribution in [3.8, 4) is 0 Å². The molecule has 0 fully saturated rings. The molecule has 0 atom stereocenters. The number of rotatable bonds is 3. The van der Waals surface area contributed by atoms with Gasteiger partial charge in [-0.3, -0.25) is 4.79 Å². The maximum atomic E-state index is 12.2. The minimum Gasteiger partial charge on any atom is -0.478 e. The van der Waals surface area contributed by atoms with Gasteiger partial charge in [0.25, 0.3) is 5.91 Å². The van der Waals surface area contributed by atoms with Crippen molar-refractivity contribution in [3.63, 3.8) is 0 Å². The number of nitrogens with one attached hydrogen (secondary N) is 1. The molecule has 0 heterocycles. The molecule has 0 unspecified atom stereocenters. The maximum absolute atomic E-state index is 12.2. The first kappa shape index (κ1) is 15.8. The molecule has 4 nitrogen and oxygen atoms in total. The average Bonchev–Trinajstić information content (AvgIpc) is 2.40. The summed E-state index contributed by atoms with van der Waals surface area (Å²) in [6.07, 6.45) is 0. The Morgan fingerprint density at radius 2 is 1.86 bits per heavy atom. The lowest BCUT2D eigenvalue weighted by molar-refractivity contribution is 0.0698. The molecule has 0 aliphatic heterocycles. The van der Waals surface area contributed by atoms with Crippen LogP contribution in [-0.2, 0) is 0 Å². The van der Waals surface area contributed by atoms with Crippen LogP contribution in [-0.4, -0.2) is 17.0 Å².